The van der Waals surface area contributed by atoms with Crippen molar-refractivity contribution in [2.75, 3.05) is 26.0 Å². The first-order chi connectivity index (χ1) is 12.3. The van der Waals surface area contributed by atoms with Crippen molar-refractivity contribution in [2.45, 2.75) is 13.8 Å². The molecule has 136 valence electrons. The Morgan fingerprint density at radius 3 is 2.04 bits per heavy atom. The van der Waals surface area contributed by atoms with Crippen LogP contribution in [0.1, 0.15) is 31.8 Å². The Balaban J connectivity index is 2.02. The fourth-order valence-corrected chi connectivity index (χ4v) is 2.56. The molecule has 2 aromatic rings. The third kappa shape index (κ3) is 4.47. The van der Waals surface area contributed by atoms with E-state index in [4.69, 9.17) is 0 Å². The summed E-state index contributed by atoms with van der Waals surface area (Å²) in [5, 5.41) is 2.85. The number of methoxy groups -OCH3 is 1. The van der Waals surface area contributed by atoms with Crippen LogP contribution in [0.4, 0.5) is 5.69 Å². The summed E-state index contributed by atoms with van der Waals surface area (Å²) in [4.78, 5) is 37.5. The van der Waals surface area contributed by atoms with E-state index in [9.17, 15) is 14.4 Å². The molecule has 2 amide bonds. The highest BCUT2D eigenvalue weighted by Crippen LogP contribution is 2.19. The molecule has 0 saturated heterocycles. The summed E-state index contributed by atoms with van der Waals surface area (Å²) in [6.07, 6.45) is 0. The van der Waals surface area contributed by atoms with Crippen molar-refractivity contribution in [3.8, 4) is 0 Å². The molecule has 0 fully saturated rings. The Bertz CT molecular complexity index is 808. The van der Waals surface area contributed by atoms with Crippen LogP contribution < -0.4 is 5.32 Å². The molecular formula is C20H22N2O4. The number of hydrogen-bond donors (Lipinski definition) is 1. The lowest BCUT2D eigenvalue weighted by Crippen LogP contribution is -2.35. The minimum Gasteiger partial charge on any atom is -0.465 e. The summed E-state index contributed by atoms with van der Waals surface area (Å²) in [6.45, 7) is 3.76. The second kappa shape index (κ2) is 8.29. The van der Waals surface area contributed by atoms with E-state index in [-0.39, 0.29) is 18.4 Å². The van der Waals surface area contributed by atoms with E-state index in [0.29, 0.717) is 11.1 Å². The van der Waals surface area contributed by atoms with Crippen molar-refractivity contribution in [3.63, 3.8) is 0 Å². The van der Waals surface area contributed by atoms with Gasteiger partial charge in [-0.3, -0.25) is 9.59 Å². The fraction of sp³-hybridized carbons (Fsp3) is 0.250. The summed E-state index contributed by atoms with van der Waals surface area (Å²) >= 11 is 0. The number of esters is 1. The van der Waals surface area contributed by atoms with Gasteiger partial charge in [-0.05, 0) is 49.2 Å². The van der Waals surface area contributed by atoms with E-state index in [2.05, 4.69) is 10.1 Å². The number of ether oxygens (including phenoxy) is 1. The van der Waals surface area contributed by atoms with Crippen LogP contribution in [0.2, 0.25) is 0 Å². The van der Waals surface area contributed by atoms with Crippen LogP contribution in [0, 0.1) is 13.8 Å². The second-order valence-corrected chi connectivity index (χ2v) is 6.05. The van der Waals surface area contributed by atoms with Gasteiger partial charge in [0.2, 0.25) is 5.91 Å². The average molecular weight is 354 g/mol. The number of hydrogen-bond acceptors (Lipinski definition) is 4. The largest absolute Gasteiger partial charge is 0.465 e. The van der Waals surface area contributed by atoms with E-state index >= 15 is 0 Å². The minimum absolute atomic E-state index is 0.0780. The third-order valence-corrected chi connectivity index (χ3v) is 4.03. The molecule has 6 heteroatoms. The van der Waals surface area contributed by atoms with Gasteiger partial charge < -0.3 is 15.0 Å². The molecule has 0 bridgehead atoms. The smallest absolute Gasteiger partial charge is 0.337 e. The number of benzene rings is 2. The van der Waals surface area contributed by atoms with Crippen molar-refractivity contribution in [1.29, 1.82) is 0 Å². The van der Waals surface area contributed by atoms with Crippen LogP contribution >= 0.6 is 0 Å². The summed E-state index contributed by atoms with van der Waals surface area (Å²) in [5.74, 6) is -1.05. The van der Waals surface area contributed by atoms with Gasteiger partial charge in [-0.2, -0.15) is 0 Å². The number of rotatable bonds is 5. The standard InChI is InChI=1S/C20H22N2O4/c1-13-6-5-7-14(2)18(13)21-17(23)12-22(3)19(24)15-8-10-16(11-9-15)20(25)26-4/h5-11H,12H2,1-4H3,(H,21,23). The van der Waals surface area contributed by atoms with E-state index < -0.39 is 5.97 Å². The molecule has 1 N–H and O–H groups in total. The molecule has 2 aromatic carbocycles. The van der Waals surface area contributed by atoms with Crippen LogP contribution in [-0.2, 0) is 9.53 Å². The molecule has 26 heavy (non-hydrogen) atoms. The first-order valence-electron chi connectivity index (χ1n) is 8.13. The molecule has 0 unspecified atom stereocenters. The molecule has 0 radical (unpaired) electrons. The van der Waals surface area contributed by atoms with Crippen LogP contribution in [-0.4, -0.2) is 43.4 Å². The lowest BCUT2D eigenvalue weighted by Gasteiger charge is -2.18. The maximum atomic E-state index is 12.4. The highest BCUT2D eigenvalue weighted by atomic mass is 16.5. The van der Waals surface area contributed by atoms with E-state index in [0.717, 1.165) is 16.8 Å². The monoisotopic (exact) mass is 354 g/mol. The number of aryl methyl sites for hydroxylation is 2. The fourth-order valence-electron chi connectivity index (χ4n) is 2.56. The molecule has 0 aliphatic rings. The summed E-state index contributed by atoms with van der Waals surface area (Å²) < 4.78 is 4.63. The molecule has 0 spiro atoms. The van der Waals surface area contributed by atoms with Gasteiger partial charge in [-0.25, -0.2) is 4.79 Å². The average Bonchev–Trinajstić information content (AvgIpc) is 2.63. The Hall–Kier alpha value is -3.15. The van der Waals surface area contributed by atoms with Gasteiger partial charge in [0.05, 0.1) is 19.2 Å². The number of carbonyl (C=O) groups is 3. The van der Waals surface area contributed by atoms with Gasteiger partial charge in [-0.15, -0.1) is 0 Å². The van der Waals surface area contributed by atoms with E-state index in [1.54, 1.807) is 7.05 Å². The van der Waals surface area contributed by atoms with Gasteiger partial charge in [0.25, 0.3) is 5.91 Å². The SMILES string of the molecule is COC(=O)c1ccc(C(=O)N(C)CC(=O)Nc2c(C)cccc2C)cc1. The number of amides is 2. The third-order valence-electron chi connectivity index (χ3n) is 4.03. The van der Waals surface area contributed by atoms with Crippen LogP contribution in [0.25, 0.3) is 0 Å². The number of likely N-dealkylation sites (N-methyl/N-ethyl adjacent to an activating group) is 1. The Morgan fingerprint density at radius 1 is 0.962 bits per heavy atom. The zero-order chi connectivity index (χ0) is 19.3. The van der Waals surface area contributed by atoms with Crippen molar-refractivity contribution < 1.29 is 19.1 Å². The summed E-state index contributed by atoms with van der Waals surface area (Å²) in [7, 11) is 2.85. The van der Waals surface area contributed by atoms with Gasteiger partial charge in [0, 0.05) is 18.3 Å². The number of nitrogens with one attached hydrogen (secondary N) is 1. The minimum atomic E-state index is -0.467. The topological polar surface area (TPSA) is 75.7 Å². The summed E-state index contributed by atoms with van der Waals surface area (Å²) in [5.41, 5.74) is 3.44. The van der Waals surface area contributed by atoms with Crippen LogP contribution in [0.5, 0.6) is 0 Å². The van der Waals surface area contributed by atoms with Gasteiger partial charge in [0.1, 0.15) is 0 Å². The van der Waals surface area contributed by atoms with Gasteiger partial charge >= 0.3 is 5.97 Å². The molecule has 2 rings (SSSR count). The van der Waals surface area contributed by atoms with Crippen molar-refractivity contribution in [2.24, 2.45) is 0 Å². The normalized spacial score (nSPS) is 10.2. The molecule has 0 aliphatic carbocycles. The van der Waals surface area contributed by atoms with Gasteiger partial charge in [0.15, 0.2) is 0 Å². The number of carbonyl (C=O) groups excluding carboxylic acids is 3. The lowest BCUT2D eigenvalue weighted by atomic mass is 10.1. The van der Waals surface area contributed by atoms with Crippen LogP contribution in [0.15, 0.2) is 42.5 Å². The maximum Gasteiger partial charge on any atom is 0.337 e. The van der Waals surface area contributed by atoms with Crippen molar-refractivity contribution in [1.82, 2.24) is 4.90 Å². The Kier molecular flexibility index (Phi) is 6.11. The lowest BCUT2D eigenvalue weighted by molar-refractivity contribution is -0.116. The molecule has 0 atom stereocenters. The first kappa shape index (κ1) is 19.2. The van der Waals surface area contributed by atoms with Gasteiger partial charge in [-0.1, -0.05) is 18.2 Å². The number of para-hydroxylation sites is 1. The molecular weight excluding hydrogens is 332 g/mol. The highest BCUT2D eigenvalue weighted by Gasteiger charge is 2.16. The van der Waals surface area contributed by atoms with E-state index in [1.165, 1.54) is 36.3 Å². The van der Waals surface area contributed by atoms with Crippen LogP contribution in [0.3, 0.4) is 0 Å². The van der Waals surface area contributed by atoms with E-state index in [1.807, 2.05) is 32.0 Å². The highest BCUT2D eigenvalue weighted by molar-refractivity contribution is 6.00. The number of nitrogens with zero attached hydrogens (tertiary/aromatic N) is 1. The predicted octanol–water partition coefficient (Wildman–Crippen LogP) is 2.80. The molecule has 0 heterocycles. The first-order valence-corrected chi connectivity index (χ1v) is 8.13. The second-order valence-electron chi connectivity index (χ2n) is 6.05. The predicted molar refractivity (Wildman–Crippen MR) is 99.3 cm³/mol. The zero-order valence-corrected chi connectivity index (χ0v) is 15.3. The quantitative estimate of drug-likeness (QED) is 0.838. The Labute approximate surface area is 152 Å². The Morgan fingerprint density at radius 2 is 1.50 bits per heavy atom. The summed E-state index contributed by atoms with van der Waals surface area (Å²) in [6, 6.07) is 11.9. The number of anilines is 1. The van der Waals surface area contributed by atoms with Crippen molar-refractivity contribution >= 4 is 23.5 Å². The maximum absolute atomic E-state index is 12.4. The molecule has 0 saturated carbocycles. The molecule has 6 nitrogen and oxygen atoms in total. The molecule has 0 aromatic heterocycles. The van der Waals surface area contributed by atoms with Crippen molar-refractivity contribution in [3.05, 3.63) is 64.7 Å². The zero-order valence-electron chi connectivity index (χ0n) is 15.3. The molecule has 0 aliphatic heterocycles.